The van der Waals surface area contributed by atoms with E-state index < -0.39 is 24.9 Å². The van der Waals surface area contributed by atoms with Gasteiger partial charge < -0.3 is 15.3 Å². The summed E-state index contributed by atoms with van der Waals surface area (Å²) in [6.45, 7) is -1.21. The molecule has 0 atom stereocenters. The zero-order valence-corrected chi connectivity index (χ0v) is 21.9. The SMILES string of the molecule is Cc1nc(N2CC(F)(F)C(F)(F)C2)c2cc1-n1c(=O)n(C)c3cnc4ccc(cc4c31)-c1cnc(CO)c(c1)NC2. The first kappa shape index (κ1) is 25.4. The zero-order valence-electron chi connectivity index (χ0n) is 21.9. The van der Waals surface area contributed by atoms with Gasteiger partial charge in [-0.2, -0.15) is 17.6 Å². The molecule has 0 aliphatic carbocycles. The number of aryl methyl sites for hydroxylation is 2. The normalized spacial score (nSPS) is 17.1. The summed E-state index contributed by atoms with van der Waals surface area (Å²) in [5.41, 5.74) is 4.70. The van der Waals surface area contributed by atoms with Crippen molar-refractivity contribution in [1.82, 2.24) is 24.1 Å². The molecule has 0 saturated carbocycles. The first-order chi connectivity index (χ1) is 19.5. The Morgan fingerprint density at radius 2 is 1.78 bits per heavy atom. The minimum absolute atomic E-state index is 0.0323. The second-order valence-corrected chi connectivity index (χ2v) is 10.5. The van der Waals surface area contributed by atoms with Crippen LogP contribution in [0.25, 0.3) is 38.8 Å². The van der Waals surface area contributed by atoms with Crippen molar-refractivity contribution < 1.29 is 22.7 Å². The van der Waals surface area contributed by atoms with Crippen molar-refractivity contribution in [2.75, 3.05) is 23.3 Å². The van der Waals surface area contributed by atoms with E-state index in [4.69, 9.17) is 0 Å². The molecule has 13 heteroatoms. The maximum absolute atomic E-state index is 14.3. The van der Waals surface area contributed by atoms with Crippen LogP contribution < -0.4 is 15.9 Å². The Hall–Kier alpha value is -4.52. The second-order valence-electron chi connectivity index (χ2n) is 10.5. The van der Waals surface area contributed by atoms with Crippen LogP contribution >= 0.6 is 0 Å². The summed E-state index contributed by atoms with van der Waals surface area (Å²) in [6, 6.07) is 9.04. The number of hydrogen-bond donors (Lipinski definition) is 2. The number of aromatic nitrogens is 5. The molecule has 0 spiro atoms. The van der Waals surface area contributed by atoms with Crippen LogP contribution in [0.4, 0.5) is 29.1 Å². The van der Waals surface area contributed by atoms with E-state index in [1.54, 1.807) is 38.5 Å². The number of nitrogens with one attached hydrogen (secondary N) is 1. The lowest BCUT2D eigenvalue weighted by Gasteiger charge is -2.23. The molecule has 6 bridgehead atoms. The predicted octanol–water partition coefficient (Wildman–Crippen LogP) is 4.15. The van der Waals surface area contributed by atoms with Gasteiger partial charge in [0.1, 0.15) is 5.82 Å². The van der Waals surface area contributed by atoms with Crippen molar-refractivity contribution in [3.8, 4) is 16.8 Å². The molecule has 41 heavy (non-hydrogen) atoms. The van der Waals surface area contributed by atoms with Gasteiger partial charge in [0.05, 0.1) is 65.2 Å². The second kappa shape index (κ2) is 8.49. The van der Waals surface area contributed by atoms with Gasteiger partial charge in [0.15, 0.2) is 0 Å². The number of fused-ring (bicyclic) bond motifs is 7. The Morgan fingerprint density at radius 1 is 1.02 bits per heavy atom. The van der Waals surface area contributed by atoms with E-state index in [9.17, 15) is 27.5 Å². The summed E-state index contributed by atoms with van der Waals surface area (Å²) in [4.78, 5) is 28.0. The third kappa shape index (κ3) is 3.64. The van der Waals surface area contributed by atoms with Gasteiger partial charge in [0, 0.05) is 36.3 Å². The Balaban J connectivity index is 1.56. The van der Waals surface area contributed by atoms with Crippen LogP contribution in [0.5, 0.6) is 0 Å². The van der Waals surface area contributed by atoms with Gasteiger partial charge in [-0.1, -0.05) is 6.07 Å². The monoisotopic (exact) mass is 565 g/mol. The van der Waals surface area contributed by atoms with E-state index in [-0.39, 0.29) is 24.7 Å². The average molecular weight is 566 g/mol. The van der Waals surface area contributed by atoms with Gasteiger partial charge in [0.2, 0.25) is 0 Å². The van der Waals surface area contributed by atoms with Crippen molar-refractivity contribution in [1.29, 1.82) is 0 Å². The van der Waals surface area contributed by atoms with Crippen molar-refractivity contribution in [2.24, 2.45) is 7.05 Å². The van der Waals surface area contributed by atoms with Crippen LogP contribution in [0.3, 0.4) is 0 Å². The molecule has 2 N–H and O–H groups in total. The highest BCUT2D eigenvalue weighted by atomic mass is 19.3. The van der Waals surface area contributed by atoms with Crippen molar-refractivity contribution in [2.45, 2.75) is 31.9 Å². The van der Waals surface area contributed by atoms with Crippen LogP contribution in [0, 0.1) is 6.92 Å². The number of nitrogens with zero attached hydrogens (tertiary/aromatic N) is 6. The smallest absolute Gasteiger partial charge is 0.333 e. The fourth-order valence-corrected chi connectivity index (χ4v) is 5.69. The molecule has 0 radical (unpaired) electrons. The lowest BCUT2D eigenvalue weighted by atomic mass is 10.0. The third-order valence-electron chi connectivity index (χ3n) is 7.90. The molecule has 1 saturated heterocycles. The first-order valence-electron chi connectivity index (χ1n) is 12.8. The van der Waals surface area contributed by atoms with Crippen LogP contribution in [0.2, 0.25) is 0 Å². The highest BCUT2D eigenvalue weighted by Gasteiger charge is 2.63. The average Bonchev–Trinajstić information content (AvgIpc) is 3.33. The van der Waals surface area contributed by atoms with E-state index in [2.05, 4.69) is 20.3 Å². The number of aliphatic hydroxyl groups excluding tert-OH is 1. The largest absolute Gasteiger partial charge is 0.390 e. The lowest BCUT2D eigenvalue weighted by Crippen LogP contribution is -2.38. The number of rotatable bonds is 2. The Morgan fingerprint density at radius 3 is 2.51 bits per heavy atom. The summed E-state index contributed by atoms with van der Waals surface area (Å²) >= 11 is 0. The number of imidazole rings is 1. The summed E-state index contributed by atoms with van der Waals surface area (Å²) in [7, 11) is 1.62. The van der Waals surface area contributed by atoms with Gasteiger partial charge in [-0.3, -0.25) is 19.1 Å². The highest BCUT2D eigenvalue weighted by molar-refractivity contribution is 6.04. The van der Waals surface area contributed by atoms with E-state index in [1.807, 2.05) is 18.2 Å². The minimum Gasteiger partial charge on any atom is -0.390 e. The summed E-state index contributed by atoms with van der Waals surface area (Å²) in [6.07, 6.45) is 3.23. The highest BCUT2D eigenvalue weighted by Crippen LogP contribution is 2.43. The zero-order chi connectivity index (χ0) is 28.8. The van der Waals surface area contributed by atoms with Gasteiger partial charge in [-0.05, 0) is 36.8 Å². The maximum atomic E-state index is 14.3. The molecular formula is C28H23F4N7O2. The Labute approximate surface area is 229 Å². The molecule has 5 aromatic rings. The van der Waals surface area contributed by atoms with Gasteiger partial charge in [-0.25, -0.2) is 9.78 Å². The molecule has 1 fully saturated rings. The minimum atomic E-state index is -4.23. The van der Waals surface area contributed by atoms with E-state index >= 15 is 0 Å². The molecule has 1 aromatic carbocycles. The number of aliphatic hydroxyl groups is 1. The molecule has 2 aliphatic heterocycles. The van der Waals surface area contributed by atoms with Gasteiger partial charge >= 0.3 is 17.5 Å². The predicted molar refractivity (Wildman–Crippen MR) is 145 cm³/mol. The van der Waals surface area contributed by atoms with Crippen LogP contribution in [0.1, 0.15) is 17.0 Å². The van der Waals surface area contributed by atoms with E-state index in [1.165, 1.54) is 9.13 Å². The van der Waals surface area contributed by atoms with E-state index in [0.29, 0.717) is 55.8 Å². The topological polar surface area (TPSA) is 101 Å². The van der Waals surface area contributed by atoms with Crippen LogP contribution in [-0.4, -0.2) is 54.1 Å². The third-order valence-corrected chi connectivity index (χ3v) is 7.90. The maximum Gasteiger partial charge on any atom is 0.333 e. The Kier molecular flexibility index (Phi) is 5.27. The summed E-state index contributed by atoms with van der Waals surface area (Å²) < 4.78 is 60.0. The molecule has 0 amide bonds. The summed E-state index contributed by atoms with van der Waals surface area (Å²) in [5.74, 6) is -8.51. The molecule has 4 aromatic heterocycles. The number of pyridine rings is 3. The quantitative estimate of drug-likeness (QED) is 0.310. The molecule has 6 heterocycles. The molecule has 210 valence electrons. The molecule has 2 aliphatic rings. The standard InChI is InChI=1S/C28H23F4N7O2/c1-14-22-7-17(25(36-14)38-12-27(29,30)28(31,32)13-38)9-33-20-6-16(8-34-21(20)11-40)15-3-4-19-18(5-15)24-23(10-35-19)37(2)26(41)39(22)24/h3-8,10,33,40H,9,11-13H2,1-2H3. The molecular weight excluding hydrogens is 542 g/mol. The molecule has 0 unspecified atom stereocenters. The van der Waals surface area contributed by atoms with Crippen LogP contribution in [0.15, 0.2) is 47.5 Å². The summed E-state index contributed by atoms with van der Waals surface area (Å²) in [5, 5.41) is 13.8. The van der Waals surface area contributed by atoms with Gasteiger partial charge in [0.25, 0.3) is 0 Å². The van der Waals surface area contributed by atoms with E-state index in [0.717, 1.165) is 10.5 Å². The molecule has 7 rings (SSSR count). The van der Waals surface area contributed by atoms with Crippen LogP contribution in [-0.2, 0) is 20.2 Å². The number of benzene rings is 1. The number of halogens is 4. The fourth-order valence-electron chi connectivity index (χ4n) is 5.69. The lowest BCUT2D eigenvalue weighted by molar-refractivity contribution is -0.172. The number of alkyl halides is 4. The van der Waals surface area contributed by atoms with Crippen molar-refractivity contribution >= 4 is 33.4 Å². The first-order valence-corrected chi connectivity index (χ1v) is 12.8. The number of anilines is 2. The van der Waals surface area contributed by atoms with Crippen molar-refractivity contribution in [3.05, 3.63) is 70.2 Å². The number of hydrogen-bond acceptors (Lipinski definition) is 7. The van der Waals surface area contributed by atoms with Crippen molar-refractivity contribution in [3.63, 3.8) is 0 Å². The molecule has 9 nitrogen and oxygen atoms in total. The van der Waals surface area contributed by atoms with Gasteiger partial charge in [-0.15, -0.1) is 0 Å². The Bertz CT molecular complexity index is 1950. The fraction of sp³-hybridized carbons (Fsp3) is 0.286.